The van der Waals surface area contributed by atoms with Gasteiger partial charge in [-0.05, 0) is 51.8 Å². The van der Waals surface area contributed by atoms with Gasteiger partial charge >= 0.3 is 7.12 Å². The van der Waals surface area contributed by atoms with E-state index in [1.165, 1.54) is 0 Å². The summed E-state index contributed by atoms with van der Waals surface area (Å²) in [5, 5.41) is 0.730. The monoisotopic (exact) mass is 281 g/mol. The molecule has 19 heavy (non-hydrogen) atoms. The summed E-state index contributed by atoms with van der Waals surface area (Å²) in [6, 6.07) is 7.70. The van der Waals surface area contributed by atoms with Crippen LogP contribution in [-0.4, -0.2) is 24.3 Å². The number of benzene rings is 1. The minimum Gasteiger partial charge on any atom is -0.402 e. The van der Waals surface area contributed by atoms with E-state index in [2.05, 4.69) is 0 Å². The van der Waals surface area contributed by atoms with Crippen LogP contribution in [0.4, 0.5) is 0 Å². The molecule has 0 aromatic heterocycles. The van der Waals surface area contributed by atoms with Gasteiger partial charge in [-0.1, -0.05) is 23.7 Å². The Morgan fingerprint density at radius 3 is 2.05 bits per heavy atom. The van der Waals surface area contributed by atoms with Crippen molar-refractivity contribution in [3.05, 3.63) is 34.9 Å². The van der Waals surface area contributed by atoms with Crippen molar-refractivity contribution in [1.82, 2.24) is 0 Å². The third-order valence-electron chi connectivity index (χ3n) is 4.01. The van der Waals surface area contributed by atoms with Gasteiger partial charge in [-0.15, -0.1) is 0 Å². The fraction of sp³-hybridized carbons (Fsp3) is 0.571. The van der Waals surface area contributed by atoms with Crippen LogP contribution < -0.4 is 5.73 Å². The van der Waals surface area contributed by atoms with Crippen molar-refractivity contribution in [2.24, 2.45) is 5.73 Å². The van der Waals surface area contributed by atoms with Gasteiger partial charge in [0.25, 0.3) is 0 Å². The second kappa shape index (κ2) is 5.10. The molecular weight excluding hydrogens is 260 g/mol. The lowest BCUT2D eigenvalue weighted by molar-refractivity contribution is 0.00578. The van der Waals surface area contributed by atoms with E-state index in [0.717, 1.165) is 10.6 Å². The maximum Gasteiger partial charge on any atom is 0.476 e. The summed E-state index contributed by atoms with van der Waals surface area (Å²) in [5.41, 5.74) is 6.66. The van der Waals surface area contributed by atoms with Crippen LogP contribution >= 0.6 is 11.6 Å². The van der Waals surface area contributed by atoms with Crippen molar-refractivity contribution in [3.8, 4) is 0 Å². The first-order valence-electron chi connectivity index (χ1n) is 6.57. The first-order valence-corrected chi connectivity index (χ1v) is 6.95. The van der Waals surface area contributed by atoms with Gasteiger partial charge in [-0.25, -0.2) is 0 Å². The van der Waals surface area contributed by atoms with Gasteiger partial charge in [-0.3, -0.25) is 0 Å². The van der Waals surface area contributed by atoms with E-state index in [9.17, 15) is 0 Å². The third kappa shape index (κ3) is 3.14. The van der Waals surface area contributed by atoms with E-state index in [1.54, 1.807) is 0 Å². The molecule has 104 valence electrons. The molecule has 2 N–H and O–H groups in total. The lowest BCUT2D eigenvalue weighted by Crippen LogP contribution is -2.43. The first kappa shape index (κ1) is 14.9. The molecule has 1 aromatic rings. The van der Waals surface area contributed by atoms with Gasteiger partial charge in [0.15, 0.2) is 0 Å². The van der Waals surface area contributed by atoms with Gasteiger partial charge in [0.05, 0.1) is 11.2 Å². The average Bonchev–Trinajstić information content (AvgIpc) is 2.51. The van der Waals surface area contributed by atoms with Crippen LogP contribution in [0.25, 0.3) is 0 Å². The summed E-state index contributed by atoms with van der Waals surface area (Å²) in [6.07, 6.45) is 0.702. The van der Waals surface area contributed by atoms with Crippen molar-refractivity contribution < 1.29 is 9.31 Å². The van der Waals surface area contributed by atoms with Crippen LogP contribution in [0.15, 0.2) is 24.3 Å². The number of hydrogen-bond donors (Lipinski definition) is 1. The molecule has 0 saturated carbocycles. The lowest BCUT2D eigenvalue weighted by Gasteiger charge is -2.32. The zero-order valence-electron chi connectivity index (χ0n) is 11.9. The van der Waals surface area contributed by atoms with E-state index < -0.39 is 0 Å². The van der Waals surface area contributed by atoms with Crippen molar-refractivity contribution >= 4 is 18.7 Å². The highest BCUT2D eigenvalue weighted by atomic mass is 35.5. The molecule has 0 spiro atoms. The highest BCUT2D eigenvalue weighted by Crippen LogP contribution is 2.37. The summed E-state index contributed by atoms with van der Waals surface area (Å²) >= 11 is 5.87. The average molecular weight is 282 g/mol. The summed E-state index contributed by atoms with van der Waals surface area (Å²) in [6.45, 7) is 8.12. The molecular formula is C14H21BClNO2. The first-order chi connectivity index (χ1) is 8.71. The molecule has 3 nitrogen and oxygen atoms in total. The second-order valence-corrected chi connectivity index (χ2v) is 6.56. The topological polar surface area (TPSA) is 44.5 Å². The maximum absolute atomic E-state index is 6.21. The van der Waals surface area contributed by atoms with Crippen LogP contribution in [0.3, 0.4) is 0 Å². The molecule has 1 unspecified atom stereocenters. The fourth-order valence-electron chi connectivity index (χ4n) is 2.05. The minimum atomic E-state index is -0.374. The van der Waals surface area contributed by atoms with Crippen molar-refractivity contribution in [2.75, 3.05) is 0 Å². The molecule has 1 heterocycles. The Morgan fingerprint density at radius 2 is 1.58 bits per heavy atom. The molecule has 1 aromatic carbocycles. The minimum absolute atomic E-state index is 0.192. The summed E-state index contributed by atoms with van der Waals surface area (Å²) in [4.78, 5) is 0. The quantitative estimate of drug-likeness (QED) is 0.867. The highest BCUT2D eigenvalue weighted by Gasteiger charge is 2.52. The normalized spacial score (nSPS) is 22.5. The fourth-order valence-corrected chi connectivity index (χ4v) is 2.18. The highest BCUT2D eigenvalue weighted by molar-refractivity contribution is 6.47. The third-order valence-corrected chi connectivity index (χ3v) is 4.26. The van der Waals surface area contributed by atoms with E-state index in [0.29, 0.717) is 6.42 Å². The van der Waals surface area contributed by atoms with E-state index >= 15 is 0 Å². The van der Waals surface area contributed by atoms with Gasteiger partial charge in [-0.2, -0.15) is 0 Å². The smallest absolute Gasteiger partial charge is 0.402 e. The SMILES string of the molecule is CC1(C)OB(C(N)Cc2ccc(Cl)cc2)OC1(C)C. The molecule has 0 bridgehead atoms. The van der Waals surface area contributed by atoms with Gasteiger partial charge in [0.2, 0.25) is 0 Å². The molecule has 5 heteroatoms. The Hall–Kier alpha value is -0.545. The zero-order chi connectivity index (χ0) is 14.3. The van der Waals surface area contributed by atoms with Crippen LogP contribution in [0.1, 0.15) is 33.3 Å². The molecule has 1 atom stereocenters. The summed E-state index contributed by atoms with van der Waals surface area (Å²) in [7, 11) is -0.374. The lowest BCUT2D eigenvalue weighted by atomic mass is 9.75. The second-order valence-electron chi connectivity index (χ2n) is 6.12. The van der Waals surface area contributed by atoms with E-state index in [-0.39, 0.29) is 24.3 Å². The van der Waals surface area contributed by atoms with Gasteiger partial charge < -0.3 is 15.0 Å². The van der Waals surface area contributed by atoms with E-state index in [4.69, 9.17) is 26.6 Å². The Kier molecular flexibility index (Phi) is 3.98. The van der Waals surface area contributed by atoms with E-state index in [1.807, 2.05) is 52.0 Å². The predicted molar refractivity (Wildman–Crippen MR) is 79.2 cm³/mol. The zero-order valence-corrected chi connectivity index (χ0v) is 12.7. The maximum atomic E-state index is 6.21. The molecule has 1 aliphatic heterocycles. The van der Waals surface area contributed by atoms with Crippen LogP contribution in [-0.2, 0) is 15.7 Å². The Morgan fingerprint density at radius 1 is 1.11 bits per heavy atom. The number of nitrogens with two attached hydrogens (primary N) is 1. The number of rotatable bonds is 3. The number of hydrogen-bond acceptors (Lipinski definition) is 3. The predicted octanol–water partition coefficient (Wildman–Crippen LogP) is 2.84. The molecule has 0 amide bonds. The van der Waals surface area contributed by atoms with Crippen molar-refractivity contribution in [3.63, 3.8) is 0 Å². The molecule has 2 rings (SSSR count). The molecule has 0 radical (unpaired) electrons. The Bertz CT molecular complexity index is 431. The van der Waals surface area contributed by atoms with Crippen LogP contribution in [0.2, 0.25) is 5.02 Å². The Balaban J connectivity index is 2.02. The summed E-state index contributed by atoms with van der Waals surface area (Å²) in [5.74, 6) is -0.192. The standard InChI is InChI=1S/C14H21BClNO2/c1-13(2)14(3,4)19-15(18-13)12(17)9-10-5-7-11(16)8-6-10/h5-8,12H,9,17H2,1-4H3. The molecule has 0 aliphatic carbocycles. The summed E-state index contributed by atoms with van der Waals surface area (Å²) < 4.78 is 11.9. The molecule has 1 aliphatic rings. The number of halogens is 1. The largest absolute Gasteiger partial charge is 0.476 e. The molecule has 1 saturated heterocycles. The van der Waals surface area contributed by atoms with Crippen molar-refractivity contribution in [2.45, 2.75) is 51.3 Å². The van der Waals surface area contributed by atoms with Crippen LogP contribution in [0.5, 0.6) is 0 Å². The van der Waals surface area contributed by atoms with Crippen LogP contribution in [0, 0.1) is 0 Å². The van der Waals surface area contributed by atoms with Gasteiger partial charge in [0.1, 0.15) is 0 Å². The van der Waals surface area contributed by atoms with Crippen molar-refractivity contribution in [1.29, 1.82) is 0 Å². The Labute approximate surface area is 120 Å². The molecule has 1 fully saturated rings. The van der Waals surface area contributed by atoms with Gasteiger partial charge in [0, 0.05) is 11.0 Å².